The second kappa shape index (κ2) is 3.47. The van der Waals surface area contributed by atoms with Crippen molar-refractivity contribution in [2.75, 3.05) is 0 Å². The molecule has 0 saturated heterocycles. The van der Waals surface area contributed by atoms with Gasteiger partial charge < -0.3 is 0 Å². The summed E-state index contributed by atoms with van der Waals surface area (Å²) in [5.74, 6) is 0. The van der Waals surface area contributed by atoms with Gasteiger partial charge in [-0.3, -0.25) is 10.1 Å². The first-order valence-electron chi connectivity index (χ1n) is 3.55. The first-order chi connectivity index (χ1) is 6.02. The highest BCUT2D eigenvalue weighted by atomic mass is 19.3. The van der Waals surface area contributed by atoms with E-state index in [-0.39, 0.29) is 11.3 Å². The molecule has 1 aromatic carbocycles. The van der Waals surface area contributed by atoms with E-state index in [1.165, 1.54) is 19.1 Å². The summed E-state index contributed by atoms with van der Waals surface area (Å²) in [4.78, 5) is 9.56. The molecule has 5 heteroatoms. The minimum absolute atomic E-state index is 0.283. The Morgan fingerprint density at radius 2 is 2.08 bits per heavy atom. The van der Waals surface area contributed by atoms with E-state index in [2.05, 4.69) is 0 Å². The summed E-state index contributed by atoms with van der Waals surface area (Å²) in [5.41, 5.74) is -0.226. The normalized spacial score (nSPS) is 10.5. The molecule has 0 atom stereocenters. The molecular weight excluding hydrogens is 180 g/mol. The Hall–Kier alpha value is -1.52. The van der Waals surface area contributed by atoms with Crippen molar-refractivity contribution in [2.24, 2.45) is 0 Å². The molecule has 0 heterocycles. The number of halogens is 2. The molecule has 1 rings (SSSR count). The van der Waals surface area contributed by atoms with E-state index in [0.29, 0.717) is 5.56 Å². The van der Waals surface area contributed by atoms with Crippen molar-refractivity contribution in [2.45, 2.75) is 13.3 Å². The van der Waals surface area contributed by atoms with Crippen LogP contribution in [0.5, 0.6) is 0 Å². The van der Waals surface area contributed by atoms with Gasteiger partial charge in [0.25, 0.3) is 12.1 Å². The van der Waals surface area contributed by atoms with E-state index < -0.39 is 11.3 Å². The molecule has 0 aliphatic carbocycles. The number of rotatable bonds is 2. The standard InChI is InChI=1S/C8H7F2NO2/c1-5-2-3-6(11(12)13)4-7(5)8(9)10/h2-4,8H,1H3. The van der Waals surface area contributed by atoms with Crippen molar-refractivity contribution in [3.63, 3.8) is 0 Å². The summed E-state index contributed by atoms with van der Waals surface area (Å²) in [7, 11) is 0. The molecular formula is C8H7F2NO2. The fraction of sp³-hybridized carbons (Fsp3) is 0.250. The minimum Gasteiger partial charge on any atom is -0.258 e. The van der Waals surface area contributed by atoms with Crippen molar-refractivity contribution in [3.05, 3.63) is 39.4 Å². The van der Waals surface area contributed by atoms with Crippen LogP contribution in [0, 0.1) is 17.0 Å². The molecule has 13 heavy (non-hydrogen) atoms. The monoisotopic (exact) mass is 187 g/mol. The second-order valence-electron chi connectivity index (χ2n) is 2.60. The van der Waals surface area contributed by atoms with Gasteiger partial charge in [-0.15, -0.1) is 0 Å². The van der Waals surface area contributed by atoms with Crippen LogP contribution >= 0.6 is 0 Å². The Labute approximate surface area is 73.1 Å². The molecule has 0 saturated carbocycles. The molecule has 0 spiro atoms. The summed E-state index contributed by atoms with van der Waals surface area (Å²) < 4.78 is 24.5. The zero-order chi connectivity index (χ0) is 10.0. The van der Waals surface area contributed by atoms with Gasteiger partial charge in [0.1, 0.15) is 0 Å². The number of benzene rings is 1. The minimum atomic E-state index is -2.67. The largest absolute Gasteiger partial charge is 0.269 e. The molecule has 0 amide bonds. The van der Waals surface area contributed by atoms with Crippen LogP contribution in [0.15, 0.2) is 18.2 Å². The van der Waals surface area contributed by atoms with E-state index in [1.54, 1.807) is 0 Å². The zero-order valence-electron chi connectivity index (χ0n) is 6.83. The lowest BCUT2D eigenvalue weighted by Crippen LogP contribution is -1.93. The van der Waals surface area contributed by atoms with Crippen LogP contribution in [0.1, 0.15) is 17.6 Å². The molecule has 1 aromatic rings. The molecule has 0 unspecified atom stereocenters. The van der Waals surface area contributed by atoms with Crippen molar-refractivity contribution < 1.29 is 13.7 Å². The third kappa shape index (κ3) is 1.99. The molecule has 0 aromatic heterocycles. The van der Waals surface area contributed by atoms with Crippen LogP contribution in [0.3, 0.4) is 0 Å². The van der Waals surface area contributed by atoms with Gasteiger partial charge in [-0.05, 0) is 12.5 Å². The molecule has 0 radical (unpaired) electrons. The number of nitro benzene ring substituents is 1. The lowest BCUT2D eigenvalue weighted by atomic mass is 10.1. The summed E-state index contributed by atoms with van der Waals surface area (Å²) in [6.07, 6.45) is -2.67. The SMILES string of the molecule is Cc1ccc([N+](=O)[O-])cc1C(F)F. The van der Waals surface area contributed by atoms with E-state index >= 15 is 0 Å². The summed E-state index contributed by atoms with van der Waals surface area (Å²) >= 11 is 0. The summed E-state index contributed by atoms with van der Waals surface area (Å²) in [6, 6.07) is 3.43. The Morgan fingerprint density at radius 1 is 1.46 bits per heavy atom. The van der Waals surface area contributed by atoms with Crippen molar-refractivity contribution in [1.82, 2.24) is 0 Å². The van der Waals surface area contributed by atoms with Crippen LogP contribution < -0.4 is 0 Å². The number of hydrogen-bond acceptors (Lipinski definition) is 2. The average Bonchev–Trinajstić information content (AvgIpc) is 2.04. The maximum atomic E-state index is 12.2. The summed E-state index contributed by atoms with van der Waals surface area (Å²) in [5, 5.41) is 10.2. The van der Waals surface area contributed by atoms with Gasteiger partial charge >= 0.3 is 0 Å². The molecule has 0 aliphatic heterocycles. The van der Waals surface area contributed by atoms with Crippen molar-refractivity contribution >= 4 is 5.69 Å². The summed E-state index contributed by atoms with van der Waals surface area (Å²) in [6.45, 7) is 1.49. The fourth-order valence-electron chi connectivity index (χ4n) is 0.977. The smallest absolute Gasteiger partial charge is 0.258 e. The highest BCUT2D eigenvalue weighted by Crippen LogP contribution is 2.26. The lowest BCUT2D eigenvalue weighted by molar-refractivity contribution is -0.385. The van der Waals surface area contributed by atoms with Crippen molar-refractivity contribution in [3.8, 4) is 0 Å². The molecule has 3 nitrogen and oxygen atoms in total. The van der Waals surface area contributed by atoms with Crippen LogP contribution in [0.2, 0.25) is 0 Å². The number of aryl methyl sites for hydroxylation is 1. The fourth-order valence-corrected chi connectivity index (χ4v) is 0.977. The predicted octanol–water partition coefficient (Wildman–Crippen LogP) is 2.84. The second-order valence-corrected chi connectivity index (χ2v) is 2.60. The predicted molar refractivity (Wildman–Crippen MR) is 42.8 cm³/mol. The number of hydrogen-bond donors (Lipinski definition) is 0. The number of non-ortho nitro benzene ring substituents is 1. The highest BCUT2D eigenvalue weighted by molar-refractivity contribution is 5.39. The first kappa shape index (κ1) is 9.57. The zero-order valence-corrected chi connectivity index (χ0v) is 6.83. The third-order valence-electron chi connectivity index (χ3n) is 1.71. The topological polar surface area (TPSA) is 43.1 Å². The average molecular weight is 187 g/mol. The maximum absolute atomic E-state index is 12.2. The Morgan fingerprint density at radius 3 is 2.54 bits per heavy atom. The van der Waals surface area contributed by atoms with Gasteiger partial charge in [0.15, 0.2) is 0 Å². The Kier molecular flexibility index (Phi) is 2.55. The van der Waals surface area contributed by atoms with Gasteiger partial charge in [-0.25, -0.2) is 8.78 Å². The molecule has 0 bridgehead atoms. The van der Waals surface area contributed by atoms with Gasteiger partial charge in [-0.1, -0.05) is 6.07 Å². The number of alkyl halides is 2. The van der Waals surface area contributed by atoms with Crippen LogP contribution in [0.25, 0.3) is 0 Å². The van der Waals surface area contributed by atoms with E-state index in [1.807, 2.05) is 0 Å². The quantitative estimate of drug-likeness (QED) is 0.527. The molecule has 0 N–H and O–H groups in total. The highest BCUT2D eigenvalue weighted by Gasteiger charge is 2.15. The van der Waals surface area contributed by atoms with Gasteiger partial charge in [0, 0.05) is 17.7 Å². The van der Waals surface area contributed by atoms with Gasteiger partial charge in [0.05, 0.1) is 4.92 Å². The molecule has 0 fully saturated rings. The van der Waals surface area contributed by atoms with Gasteiger partial charge in [0.2, 0.25) is 0 Å². The Balaban J connectivity index is 3.19. The van der Waals surface area contributed by atoms with Crippen LogP contribution in [-0.2, 0) is 0 Å². The van der Waals surface area contributed by atoms with Crippen LogP contribution in [0.4, 0.5) is 14.5 Å². The van der Waals surface area contributed by atoms with E-state index in [9.17, 15) is 18.9 Å². The maximum Gasteiger partial charge on any atom is 0.269 e. The molecule has 0 aliphatic rings. The number of nitrogens with zero attached hydrogens (tertiary/aromatic N) is 1. The Bertz CT molecular complexity index is 339. The van der Waals surface area contributed by atoms with Crippen molar-refractivity contribution in [1.29, 1.82) is 0 Å². The van der Waals surface area contributed by atoms with Crippen LogP contribution in [-0.4, -0.2) is 4.92 Å². The van der Waals surface area contributed by atoms with E-state index in [0.717, 1.165) is 6.07 Å². The third-order valence-corrected chi connectivity index (χ3v) is 1.71. The lowest BCUT2D eigenvalue weighted by Gasteiger charge is -2.02. The van der Waals surface area contributed by atoms with Gasteiger partial charge in [-0.2, -0.15) is 0 Å². The molecule has 70 valence electrons. The number of nitro groups is 1. The van der Waals surface area contributed by atoms with E-state index in [4.69, 9.17) is 0 Å². The first-order valence-corrected chi connectivity index (χ1v) is 3.55.